The first-order valence-electron chi connectivity index (χ1n) is 4.21. The van der Waals surface area contributed by atoms with E-state index in [0.717, 1.165) is 0 Å². The van der Waals surface area contributed by atoms with Gasteiger partial charge in [-0.3, -0.25) is 9.59 Å². The zero-order valence-corrected chi connectivity index (χ0v) is 10.4. The lowest BCUT2D eigenvalue weighted by atomic mass is 10.1. The van der Waals surface area contributed by atoms with Crippen LogP contribution in [-0.2, 0) is 4.79 Å². The Balaban J connectivity index is 3.13. The van der Waals surface area contributed by atoms with Crippen LogP contribution < -0.4 is 4.74 Å². The summed E-state index contributed by atoms with van der Waals surface area (Å²) in [5.74, 6) is -1.22. The first-order chi connectivity index (χ1) is 7.32. The Hall–Kier alpha value is -0.770. The van der Waals surface area contributed by atoms with Crippen molar-refractivity contribution < 1.29 is 14.3 Å². The van der Waals surface area contributed by atoms with Gasteiger partial charge in [-0.05, 0) is 12.1 Å². The molecule has 0 radical (unpaired) electrons. The number of esters is 1. The maximum Gasteiger partial charge on any atom is 0.308 e. The number of hydrogen-bond donors (Lipinski definition) is 0. The van der Waals surface area contributed by atoms with Gasteiger partial charge in [0.25, 0.3) is 3.79 Å². The highest BCUT2D eigenvalue weighted by atomic mass is 35.6. The van der Waals surface area contributed by atoms with Crippen LogP contribution in [0.15, 0.2) is 24.3 Å². The summed E-state index contributed by atoms with van der Waals surface area (Å²) in [5.41, 5.74) is 0.0534. The summed E-state index contributed by atoms with van der Waals surface area (Å²) in [5, 5.41) is 0. The number of hydrogen-bond acceptors (Lipinski definition) is 3. The SMILES string of the molecule is CC(=O)Oc1ccccc1C(=O)C(Cl)(Cl)Cl. The molecule has 0 aliphatic carbocycles. The van der Waals surface area contributed by atoms with Crippen LogP contribution >= 0.6 is 34.8 Å². The Kier molecular flexibility index (Phi) is 4.19. The molecule has 0 heterocycles. The Labute approximate surface area is 107 Å². The number of benzene rings is 1. The zero-order valence-electron chi connectivity index (χ0n) is 8.17. The molecule has 0 saturated carbocycles. The fraction of sp³-hybridized carbons (Fsp3) is 0.200. The van der Waals surface area contributed by atoms with Crippen molar-refractivity contribution in [3.05, 3.63) is 29.8 Å². The van der Waals surface area contributed by atoms with Crippen molar-refractivity contribution in [3.8, 4) is 5.75 Å². The smallest absolute Gasteiger partial charge is 0.308 e. The molecule has 0 aliphatic heterocycles. The van der Waals surface area contributed by atoms with Crippen LogP contribution in [-0.4, -0.2) is 15.5 Å². The molecular weight excluding hydrogens is 274 g/mol. The van der Waals surface area contributed by atoms with Crippen LogP contribution in [0.1, 0.15) is 17.3 Å². The molecule has 0 saturated heterocycles. The summed E-state index contributed by atoms with van der Waals surface area (Å²) in [7, 11) is 0. The number of carbonyl (C=O) groups excluding carboxylic acids is 2. The molecule has 0 aliphatic rings. The molecule has 0 amide bonds. The zero-order chi connectivity index (χ0) is 12.3. The molecule has 0 fully saturated rings. The van der Waals surface area contributed by atoms with Crippen molar-refractivity contribution in [2.24, 2.45) is 0 Å². The molecule has 0 aromatic heterocycles. The van der Waals surface area contributed by atoms with E-state index in [1.807, 2.05) is 0 Å². The second kappa shape index (κ2) is 5.04. The summed E-state index contributed by atoms with van der Waals surface area (Å²) in [6.45, 7) is 1.22. The first-order valence-corrected chi connectivity index (χ1v) is 5.34. The monoisotopic (exact) mass is 280 g/mol. The van der Waals surface area contributed by atoms with Gasteiger partial charge >= 0.3 is 5.97 Å². The third-order valence-electron chi connectivity index (χ3n) is 1.64. The average Bonchev–Trinajstić information content (AvgIpc) is 2.15. The van der Waals surface area contributed by atoms with Gasteiger partial charge in [0.15, 0.2) is 0 Å². The maximum absolute atomic E-state index is 11.7. The molecule has 86 valence electrons. The summed E-state index contributed by atoms with van der Waals surface area (Å²) in [6.07, 6.45) is 0. The average molecular weight is 282 g/mol. The van der Waals surface area contributed by atoms with E-state index in [-0.39, 0.29) is 11.3 Å². The summed E-state index contributed by atoms with van der Waals surface area (Å²) >= 11 is 16.4. The highest BCUT2D eigenvalue weighted by molar-refractivity contribution is 6.77. The number of ketones is 1. The highest BCUT2D eigenvalue weighted by Crippen LogP contribution is 2.33. The first kappa shape index (κ1) is 13.3. The van der Waals surface area contributed by atoms with E-state index in [9.17, 15) is 9.59 Å². The molecule has 3 nitrogen and oxygen atoms in total. The molecule has 0 bridgehead atoms. The Morgan fingerprint density at radius 1 is 1.19 bits per heavy atom. The Bertz CT molecular complexity index is 424. The number of para-hydroxylation sites is 1. The molecule has 0 unspecified atom stereocenters. The summed E-state index contributed by atoms with van der Waals surface area (Å²) < 4.78 is 2.75. The predicted molar refractivity (Wildman–Crippen MR) is 62.4 cm³/mol. The van der Waals surface area contributed by atoms with Gasteiger partial charge in [0.05, 0.1) is 5.56 Å². The van der Waals surface area contributed by atoms with E-state index in [1.165, 1.54) is 19.1 Å². The summed E-state index contributed by atoms with van der Waals surface area (Å²) in [6, 6.07) is 6.05. The van der Waals surface area contributed by atoms with Gasteiger partial charge in [-0.15, -0.1) is 0 Å². The number of ether oxygens (including phenoxy) is 1. The Morgan fingerprint density at radius 2 is 1.75 bits per heavy atom. The summed E-state index contributed by atoms with van der Waals surface area (Å²) in [4.78, 5) is 22.5. The molecule has 0 spiro atoms. The van der Waals surface area contributed by atoms with Crippen LogP contribution in [0.5, 0.6) is 5.75 Å². The second-order valence-electron chi connectivity index (χ2n) is 2.92. The number of carbonyl (C=O) groups is 2. The second-order valence-corrected chi connectivity index (χ2v) is 5.20. The van der Waals surface area contributed by atoms with Crippen molar-refractivity contribution in [1.29, 1.82) is 0 Å². The Morgan fingerprint density at radius 3 is 2.25 bits per heavy atom. The van der Waals surface area contributed by atoms with E-state index in [4.69, 9.17) is 39.5 Å². The highest BCUT2D eigenvalue weighted by Gasteiger charge is 2.33. The van der Waals surface area contributed by atoms with Crippen LogP contribution in [0, 0.1) is 0 Å². The van der Waals surface area contributed by atoms with Crippen molar-refractivity contribution in [3.63, 3.8) is 0 Å². The fourth-order valence-corrected chi connectivity index (χ4v) is 1.36. The molecule has 1 rings (SSSR count). The van der Waals surface area contributed by atoms with E-state index in [0.29, 0.717) is 0 Å². The number of Topliss-reactive ketones (excluding diaryl/α,β-unsaturated/α-hetero) is 1. The van der Waals surface area contributed by atoms with Gasteiger partial charge in [0.2, 0.25) is 5.78 Å². The topological polar surface area (TPSA) is 43.4 Å². The van der Waals surface area contributed by atoms with Crippen molar-refractivity contribution in [1.82, 2.24) is 0 Å². The van der Waals surface area contributed by atoms with Gasteiger partial charge in [-0.25, -0.2) is 0 Å². The molecule has 16 heavy (non-hydrogen) atoms. The van der Waals surface area contributed by atoms with E-state index >= 15 is 0 Å². The van der Waals surface area contributed by atoms with Crippen molar-refractivity contribution in [2.45, 2.75) is 10.7 Å². The van der Waals surface area contributed by atoms with Crippen molar-refractivity contribution in [2.75, 3.05) is 0 Å². The molecule has 6 heteroatoms. The molecule has 0 N–H and O–H groups in total. The molecular formula is C10H7Cl3O3. The fourth-order valence-electron chi connectivity index (χ4n) is 1.05. The number of rotatable bonds is 2. The van der Waals surface area contributed by atoms with Crippen LogP contribution in [0.25, 0.3) is 0 Å². The van der Waals surface area contributed by atoms with Crippen LogP contribution in [0.2, 0.25) is 0 Å². The molecule has 1 aromatic carbocycles. The van der Waals surface area contributed by atoms with Crippen LogP contribution in [0.4, 0.5) is 0 Å². The van der Waals surface area contributed by atoms with Crippen molar-refractivity contribution >= 4 is 46.6 Å². The normalized spacial score (nSPS) is 11.0. The van der Waals surface area contributed by atoms with E-state index in [1.54, 1.807) is 12.1 Å². The predicted octanol–water partition coefficient (Wildman–Crippen LogP) is 3.16. The lowest BCUT2D eigenvalue weighted by Gasteiger charge is -2.12. The minimum absolute atomic E-state index is 0.0534. The maximum atomic E-state index is 11.7. The lowest BCUT2D eigenvalue weighted by Crippen LogP contribution is -2.20. The number of alkyl halides is 3. The minimum atomic E-state index is -2.07. The standard InChI is InChI=1S/C10H7Cl3O3/c1-6(14)16-8-5-3-2-4-7(8)9(15)10(11,12)13/h2-5H,1H3. The minimum Gasteiger partial charge on any atom is -0.426 e. The quantitative estimate of drug-likeness (QED) is 0.362. The number of halogens is 3. The van der Waals surface area contributed by atoms with Gasteiger partial charge in [0.1, 0.15) is 5.75 Å². The molecule has 1 aromatic rings. The van der Waals surface area contributed by atoms with Gasteiger partial charge < -0.3 is 4.74 Å². The third-order valence-corrected chi connectivity index (χ3v) is 2.16. The van der Waals surface area contributed by atoms with Gasteiger partial charge in [0, 0.05) is 6.92 Å². The molecule has 0 atom stereocenters. The van der Waals surface area contributed by atoms with E-state index in [2.05, 4.69) is 0 Å². The third kappa shape index (κ3) is 3.37. The lowest BCUT2D eigenvalue weighted by molar-refractivity contribution is -0.131. The van der Waals surface area contributed by atoms with Gasteiger partial charge in [-0.2, -0.15) is 0 Å². The van der Waals surface area contributed by atoms with Gasteiger partial charge in [-0.1, -0.05) is 46.9 Å². The van der Waals surface area contributed by atoms with E-state index < -0.39 is 15.5 Å². The van der Waals surface area contributed by atoms with Crippen LogP contribution in [0.3, 0.4) is 0 Å². The largest absolute Gasteiger partial charge is 0.426 e.